The van der Waals surface area contributed by atoms with E-state index in [0.29, 0.717) is 22.3 Å². The van der Waals surface area contributed by atoms with Gasteiger partial charge in [-0.3, -0.25) is 4.79 Å². The van der Waals surface area contributed by atoms with Gasteiger partial charge < -0.3 is 20.5 Å². The number of hydrogen-bond donors (Lipinski definition) is 2. The Morgan fingerprint density at radius 1 is 1.15 bits per heavy atom. The lowest BCUT2D eigenvalue weighted by Crippen LogP contribution is -2.08. The van der Waals surface area contributed by atoms with Crippen LogP contribution in [-0.4, -0.2) is 25.1 Å². The summed E-state index contributed by atoms with van der Waals surface area (Å²) in [6.45, 7) is 0. The number of methoxy groups -OCH3 is 2. The molecule has 1 heterocycles. The number of nitrogens with one attached hydrogen (secondary N) is 1. The summed E-state index contributed by atoms with van der Waals surface area (Å²) >= 11 is 1.36. The monoisotopic (exact) mass is 381 g/mol. The molecule has 1 amide bonds. The third-order valence-corrected chi connectivity index (χ3v) is 4.49. The van der Waals surface area contributed by atoms with Gasteiger partial charge in [-0.25, -0.2) is 4.98 Å². The molecular formula is C20H19N3O3S. The standard InChI is InChI=1S/C20H19N3O3S/c1-25-17-9-7-13(11-18(17)26-2)8-10-19(24)22-15-6-4-3-5-14(15)16-12-27-20(21)23-16/h3-12H,1-2H3,(H2,21,23)(H,22,24)/b10-8+. The molecule has 0 spiro atoms. The molecule has 0 atom stereocenters. The molecule has 0 fully saturated rings. The van der Waals surface area contributed by atoms with Crippen LogP contribution in [0.2, 0.25) is 0 Å². The topological polar surface area (TPSA) is 86.5 Å². The van der Waals surface area contributed by atoms with Gasteiger partial charge in [-0.05, 0) is 29.8 Å². The lowest BCUT2D eigenvalue weighted by Gasteiger charge is -2.08. The van der Waals surface area contributed by atoms with Crippen LogP contribution in [-0.2, 0) is 4.79 Å². The molecule has 0 bridgehead atoms. The Morgan fingerprint density at radius 3 is 2.63 bits per heavy atom. The highest BCUT2D eigenvalue weighted by molar-refractivity contribution is 7.13. The number of para-hydroxylation sites is 1. The molecular weight excluding hydrogens is 362 g/mol. The number of ether oxygens (including phenoxy) is 2. The van der Waals surface area contributed by atoms with E-state index in [1.54, 1.807) is 32.4 Å². The number of carbonyl (C=O) groups is 1. The van der Waals surface area contributed by atoms with Crippen LogP contribution >= 0.6 is 11.3 Å². The third-order valence-electron chi connectivity index (χ3n) is 3.82. The maximum atomic E-state index is 12.4. The van der Waals surface area contributed by atoms with E-state index in [-0.39, 0.29) is 5.91 Å². The maximum absolute atomic E-state index is 12.4. The molecule has 1 aromatic heterocycles. The van der Waals surface area contributed by atoms with Crippen LogP contribution in [0.25, 0.3) is 17.3 Å². The zero-order chi connectivity index (χ0) is 19.2. The molecule has 3 aromatic rings. The predicted molar refractivity (Wildman–Crippen MR) is 109 cm³/mol. The number of amides is 1. The minimum atomic E-state index is -0.250. The number of anilines is 2. The fourth-order valence-corrected chi connectivity index (χ4v) is 3.09. The number of carbonyl (C=O) groups excluding carboxylic acids is 1. The second-order valence-electron chi connectivity index (χ2n) is 5.55. The van der Waals surface area contributed by atoms with Gasteiger partial charge in [-0.15, -0.1) is 11.3 Å². The summed E-state index contributed by atoms with van der Waals surface area (Å²) in [6, 6.07) is 12.9. The van der Waals surface area contributed by atoms with Crippen molar-refractivity contribution in [1.82, 2.24) is 4.98 Å². The first-order valence-corrected chi connectivity index (χ1v) is 9.00. The molecule has 0 aliphatic carbocycles. The highest BCUT2D eigenvalue weighted by Crippen LogP contribution is 2.30. The Morgan fingerprint density at radius 2 is 1.93 bits per heavy atom. The molecule has 0 aliphatic rings. The largest absolute Gasteiger partial charge is 0.493 e. The minimum absolute atomic E-state index is 0.250. The van der Waals surface area contributed by atoms with E-state index in [2.05, 4.69) is 10.3 Å². The first-order valence-electron chi connectivity index (χ1n) is 8.12. The number of thiazole rings is 1. The van der Waals surface area contributed by atoms with Crippen molar-refractivity contribution in [2.24, 2.45) is 0 Å². The molecule has 0 saturated heterocycles. The highest BCUT2D eigenvalue weighted by Gasteiger charge is 2.09. The summed E-state index contributed by atoms with van der Waals surface area (Å²) in [4.78, 5) is 16.6. The second-order valence-corrected chi connectivity index (χ2v) is 6.44. The summed E-state index contributed by atoms with van der Waals surface area (Å²) in [5, 5.41) is 5.23. The summed E-state index contributed by atoms with van der Waals surface area (Å²) in [5.74, 6) is 0.988. The molecule has 7 heteroatoms. The number of rotatable bonds is 6. The number of hydrogen-bond acceptors (Lipinski definition) is 6. The van der Waals surface area contributed by atoms with Crippen LogP contribution in [0.4, 0.5) is 10.8 Å². The lowest BCUT2D eigenvalue weighted by molar-refractivity contribution is -0.111. The maximum Gasteiger partial charge on any atom is 0.248 e. The molecule has 138 valence electrons. The van der Waals surface area contributed by atoms with Crippen LogP contribution < -0.4 is 20.5 Å². The SMILES string of the molecule is COc1ccc(/C=C/C(=O)Nc2ccccc2-c2csc(N)n2)cc1OC. The molecule has 6 nitrogen and oxygen atoms in total. The first kappa shape index (κ1) is 18.5. The molecule has 0 radical (unpaired) electrons. The Labute approximate surface area is 161 Å². The van der Waals surface area contributed by atoms with E-state index in [1.165, 1.54) is 17.4 Å². The van der Waals surface area contributed by atoms with Crippen molar-refractivity contribution in [1.29, 1.82) is 0 Å². The van der Waals surface area contributed by atoms with E-state index in [1.807, 2.05) is 35.7 Å². The summed E-state index contributed by atoms with van der Waals surface area (Å²) in [7, 11) is 3.15. The van der Waals surface area contributed by atoms with Crippen LogP contribution in [0.3, 0.4) is 0 Å². The van der Waals surface area contributed by atoms with Crippen LogP contribution in [0.1, 0.15) is 5.56 Å². The Hall–Kier alpha value is -3.32. The molecule has 3 N–H and O–H groups in total. The van der Waals surface area contributed by atoms with Gasteiger partial charge in [0, 0.05) is 17.0 Å². The predicted octanol–water partition coefficient (Wildman–Crippen LogP) is 4.06. The number of nitrogens with zero attached hydrogens (tertiary/aromatic N) is 1. The fourth-order valence-electron chi connectivity index (χ4n) is 2.53. The van der Waals surface area contributed by atoms with Crippen molar-refractivity contribution >= 4 is 34.1 Å². The van der Waals surface area contributed by atoms with Crippen molar-refractivity contribution < 1.29 is 14.3 Å². The summed E-state index contributed by atoms with van der Waals surface area (Å²) in [5.41, 5.74) is 8.76. The van der Waals surface area contributed by atoms with Crippen LogP contribution in [0.15, 0.2) is 53.9 Å². The van der Waals surface area contributed by atoms with E-state index in [4.69, 9.17) is 15.2 Å². The third kappa shape index (κ3) is 4.45. The minimum Gasteiger partial charge on any atom is -0.493 e. The van der Waals surface area contributed by atoms with Crippen LogP contribution in [0, 0.1) is 0 Å². The van der Waals surface area contributed by atoms with Gasteiger partial charge in [-0.2, -0.15) is 0 Å². The molecule has 0 unspecified atom stereocenters. The lowest BCUT2D eigenvalue weighted by atomic mass is 10.1. The van der Waals surface area contributed by atoms with Gasteiger partial charge in [0.25, 0.3) is 0 Å². The molecule has 3 rings (SSSR count). The zero-order valence-corrected chi connectivity index (χ0v) is 15.7. The van der Waals surface area contributed by atoms with Gasteiger partial charge in [-0.1, -0.05) is 24.3 Å². The first-order chi connectivity index (χ1) is 13.1. The smallest absolute Gasteiger partial charge is 0.248 e. The average Bonchev–Trinajstić information content (AvgIpc) is 3.12. The number of nitrogen functional groups attached to an aromatic ring is 1. The second kappa shape index (κ2) is 8.37. The number of benzene rings is 2. The van der Waals surface area contributed by atoms with Gasteiger partial charge >= 0.3 is 0 Å². The number of nitrogens with two attached hydrogens (primary N) is 1. The van der Waals surface area contributed by atoms with Gasteiger partial charge in [0.15, 0.2) is 16.6 Å². The van der Waals surface area contributed by atoms with E-state index in [9.17, 15) is 4.79 Å². The van der Waals surface area contributed by atoms with E-state index in [0.717, 1.165) is 16.8 Å². The van der Waals surface area contributed by atoms with Gasteiger partial charge in [0.2, 0.25) is 5.91 Å². The average molecular weight is 381 g/mol. The van der Waals surface area contributed by atoms with Crippen LogP contribution in [0.5, 0.6) is 11.5 Å². The van der Waals surface area contributed by atoms with Gasteiger partial charge in [0.1, 0.15) is 0 Å². The van der Waals surface area contributed by atoms with Crippen molar-refractivity contribution in [2.45, 2.75) is 0 Å². The molecule has 0 aliphatic heterocycles. The zero-order valence-electron chi connectivity index (χ0n) is 14.9. The quantitative estimate of drug-likeness (QED) is 0.629. The highest BCUT2D eigenvalue weighted by atomic mass is 32.1. The van der Waals surface area contributed by atoms with Crippen molar-refractivity contribution in [3.63, 3.8) is 0 Å². The van der Waals surface area contributed by atoms with E-state index < -0.39 is 0 Å². The van der Waals surface area contributed by atoms with Crippen molar-refractivity contribution in [3.05, 3.63) is 59.5 Å². The Balaban J connectivity index is 1.76. The van der Waals surface area contributed by atoms with Crippen molar-refractivity contribution in [2.75, 3.05) is 25.3 Å². The Kier molecular flexibility index (Phi) is 5.73. The molecule has 2 aromatic carbocycles. The van der Waals surface area contributed by atoms with Gasteiger partial charge in [0.05, 0.1) is 25.6 Å². The fraction of sp³-hybridized carbons (Fsp3) is 0.100. The van der Waals surface area contributed by atoms with E-state index >= 15 is 0 Å². The van der Waals surface area contributed by atoms with Crippen molar-refractivity contribution in [3.8, 4) is 22.8 Å². The summed E-state index contributed by atoms with van der Waals surface area (Å²) in [6.07, 6.45) is 3.17. The number of aromatic nitrogens is 1. The summed E-state index contributed by atoms with van der Waals surface area (Å²) < 4.78 is 10.5. The normalized spacial score (nSPS) is 10.7. The molecule has 0 saturated carbocycles. The Bertz CT molecular complexity index is 982. The molecule has 27 heavy (non-hydrogen) atoms.